The number of carboxylic acid groups (broad SMARTS) is 1. The number of hydrogen-bond donors (Lipinski definition) is 4. The third kappa shape index (κ3) is 5.51. The van der Waals surface area contributed by atoms with Gasteiger partial charge in [0.2, 0.25) is 5.91 Å². The molecule has 7 heteroatoms. The maximum Gasteiger partial charge on any atom is 0.326 e. The van der Waals surface area contributed by atoms with E-state index in [1.54, 1.807) is 6.92 Å². The Morgan fingerprint density at radius 1 is 1.33 bits per heavy atom. The number of carbonyl (C=O) groups excluding carboxylic acids is 2. The summed E-state index contributed by atoms with van der Waals surface area (Å²) in [7, 11) is 0. The Morgan fingerprint density at radius 3 is 2.50 bits per heavy atom. The molecule has 0 unspecified atom stereocenters. The SMILES string of the molecule is CC[C@H](NC(=O)NCCC(=O)NC1CC1)C(=O)O. The van der Waals surface area contributed by atoms with Crippen LogP contribution in [0.3, 0.4) is 0 Å². The van der Waals surface area contributed by atoms with Gasteiger partial charge in [-0.15, -0.1) is 0 Å². The molecule has 1 aliphatic carbocycles. The molecule has 4 N–H and O–H groups in total. The molecule has 0 spiro atoms. The summed E-state index contributed by atoms with van der Waals surface area (Å²) in [5.74, 6) is -1.16. The van der Waals surface area contributed by atoms with Gasteiger partial charge in [0, 0.05) is 19.0 Å². The van der Waals surface area contributed by atoms with Crippen LogP contribution in [-0.2, 0) is 9.59 Å². The molecule has 1 rings (SSSR count). The molecular formula is C11H19N3O4. The van der Waals surface area contributed by atoms with Gasteiger partial charge in [-0.2, -0.15) is 0 Å². The second-order valence-electron chi connectivity index (χ2n) is 4.29. The lowest BCUT2D eigenvalue weighted by Crippen LogP contribution is -2.46. The van der Waals surface area contributed by atoms with Crippen molar-refractivity contribution in [2.75, 3.05) is 6.54 Å². The van der Waals surface area contributed by atoms with Gasteiger partial charge < -0.3 is 21.1 Å². The highest BCUT2D eigenvalue weighted by molar-refractivity contribution is 5.83. The van der Waals surface area contributed by atoms with E-state index >= 15 is 0 Å². The zero-order valence-electron chi connectivity index (χ0n) is 10.4. The molecule has 1 saturated carbocycles. The van der Waals surface area contributed by atoms with Crippen molar-refractivity contribution >= 4 is 17.9 Å². The number of hydrogen-bond acceptors (Lipinski definition) is 3. The Hall–Kier alpha value is -1.79. The maximum atomic E-state index is 11.3. The molecule has 1 atom stereocenters. The van der Waals surface area contributed by atoms with Crippen LogP contribution in [0.15, 0.2) is 0 Å². The van der Waals surface area contributed by atoms with E-state index in [0.717, 1.165) is 12.8 Å². The van der Waals surface area contributed by atoms with E-state index in [1.807, 2.05) is 0 Å². The zero-order valence-corrected chi connectivity index (χ0v) is 10.4. The van der Waals surface area contributed by atoms with Crippen molar-refractivity contribution in [3.8, 4) is 0 Å². The van der Waals surface area contributed by atoms with Crippen molar-refractivity contribution in [2.24, 2.45) is 0 Å². The predicted molar refractivity (Wildman–Crippen MR) is 64.0 cm³/mol. The highest BCUT2D eigenvalue weighted by atomic mass is 16.4. The van der Waals surface area contributed by atoms with Gasteiger partial charge in [-0.05, 0) is 19.3 Å². The minimum absolute atomic E-state index is 0.0944. The Bertz CT molecular complexity index is 328. The average Bonchev–Trinajstić information content (AvgIpc) is 3.09. The topological polar surface area (TPSA) is 108 Å². The number of carbonyl (C=O) groups is 3. The summed E-state index contributed by atoms with van der Waals surface area (Å²) in [5, 5.41) is 16.3. The second-order valence-corrected chi connectivity index (χ2v) is 4.29. The van der Waals surface area contributed by atoms with Crippen LogP contribution in [0.4, 0.5) is 4.79 Å². The molecule has 102 valence electrons. The van der Waals surface area contributed by atoms with Crippen LogP contribution in [0.5, 0.6) is 0 Å². The molecule has 0 aliphatic heterocycles. The number of rotatable bonds is 7. The lowest BCUT2D eigenvalue weighted by Gasteiger charge is -2.13. The van der Waals surface area contributed by atoms with Crippen LogP contribution in [-0.4, -0.2) is 41.6 Å². The zero-order chi connectivity index (χ0) is 13.5. The van der Waals surface area contributed by atoms with Crippen molar-refractivity contribution in [1.82, 2.24) is 16.0 Å². The maximum absolute atomic E-state index is 11.3. The number of amides is 3. The van der Waals surface area contributed by atoms with Gasteiger partial charge >= 0.3 is 12.0 Å². The van der Waals surface area contributed by atoms with E-state index in [-0.39, 0.29) is 18.9 Å². The molecule has 7 nitrogen and oxygen atoms in total. The molecule has 1 fully saturated rings. The molecule has 3 amide bonds. The van der Waals surface area contributed by atoms with Crippen molar-refractivity contribution in [3.05, 3.63) is 0 Å². The Morgan fingerprint density at radius 2 is 2.00 bits per heavy atom. The van der Waals surface area contributed by atoms with Crippen LogP contribution in [0.25, 0.3) is 0 Å². The molecule has 0 aromatic carbocycles. The van der Waals surface area contributed by atoms with E-state index in [1.165, 1.54) is 0 Å². The molecule has 0 aromatic rings. The summed E-state index contributed by atoms with van der Waals surface area (Å²) < 4.78 is 0. The highest BCUT2D eigenvalue weighted by Crippen LogP contribution is 2.18. The van der Waals surface area contributed by atoms with E-state index in [2.05, 4.69) is 16.0 Å². The highest BCUT2D eigenvalue weighted by Gasteiger charge is 2.23. The average molecular weight is 257 g/mol. The summed E-state index contributed by atoms with van der Waals surface area (Å²) >= 11 is 0. The van der Waals surface area contributed by atoms with Crippen LogP contribution >= 0.6 is 0 Å². The third-order valence-electron chi connectivity index (χ3n) is 2.59. The first-order valence-corrected chi connectivity index (χ1v) is 6.09. The summed E-state index contributed by atoms with van der Waals surface area (Å²) in [6.45, 7) is 1.86. The van der Waals surface area contributed by atoms with Gasteiger partial charge in [0.25, 0.3) is 0 Å². The Labute approximate surface area is 105 Å². The molecule has 1 aliphatic rings. The smallest absolute Gasteiger partial charge is 0.326 e. The van der Waals surface area contributed by atoms with Crippen molar-refractivity contribution in [1.29, 1.82) is 0 Å². The van der Waals surface area contributed by atoms with E-state index < -0.39 is 18.0 Å². The number of nitrogens with one attached hydrogen (secondary N) is 3. The monoisotopic (exact) mass is 257 g/mol. The number of aliphatic carboxylic acids is 1. The lowest BCUT2D eigenvalue weighted by atomic mass is 10.2. The fourth-order valence-electron chi connectivity index (χ4n) is 1.36. The summed E-state index contributed by atoms with van der Waals surface area (Å²) in [6, 6.07) is -1.16. The van der Waals surface area contributed by atoms with Gasteiger partial charge in [-0.3, -0.25) is 4.79 Å². The first kappa shape index (κ1) is 14.3. The Balaban J connectivity index is 2.11. The lowest BCUT2D eigenvalue weighted by molar-refractivity contribution is -0.139. The first-order valence-electron chi connectivity index (χ1n) is 6.09. The molecule has 0 saturated heterocycles. The van der Waals surface area contributed by atoms with Crippen LogP contribution in [0, 0.1) is 0 Å². The van der Waals surface area contributed by atoms with Gasteiger partial charge in [0.15, 0.2) is 0 Å². The number of carboxylic acids is 1. The number of urea groups is 1. The van der Waals surface area contributed by atoms with Crippen LogP contribution in [0.1, 0.15) is 32.6 Å². The standard InChI is InChI=1S/C11H19N3O4/c1-2-8(10(16)17)14-11(18)12-6-5-9(15)13-7-3-4-7/h7-8H,2-6H2,1H3,(H,13,15)(H,16,17)(H2,12,14,18)/t8-/m0/s1. The summed E-state index contributed by atoms with van der Waals surface area (Å²) in [5.41, 5.74) is 0. The second kappa shape index (κ2) is 6.83. The molecule has 0 aromatic heterocycles. The van der Waals surface area contributed by atoms with Crippen molar-refractivity contribution < 1.29 is 19.5 Å². The molecule has 0 bridgehead atoms. The molecule has 0 heterocycles. The normalized spacial score (nSPS) is 15.6. The van der Waals surface area contributed by atoms with Gasteiger partial charge in [0.1, 0.15) is 6.04 Å². The molecule has 18 heavy (non-hydrogen) atoms. The fraction of sp³-hybridized carbons (Fsp3) is 0.727. The summed E-state index contributed by atoms with van der Waals surface area (Å²) in [6.07, 6.45) is 2.56. The van der Waals surface area contributed by atoms with Gasteiger partial charge in [-0.1, -0.05) is 6.92 Å². The van der Waals surface area contributed by atoms with Gasteiger partial charge in [-0.25, -0.2) is 9.59 Å². The Kier molecular flexibility index (Phi) is 5.41. The van der Waals surface area contributed by atoms with E-state index in [4.69, 9.17) is 5.11 Å². The van der Waals surface area contributed by atoms with Crippen LogP contribution < -0.4 is 16.0 Å². The molecule has 0 radical (unpaired) electrons. The predicted octanol–water partition coefficient (Wildman–Crippen LogP) is -0.182. The van der Waals surface area contributed by atoms with Crippen LogP contribution in [0.2, 0.25) is 0 Å². The largest absolute Gasteiger partial charge is 0.480 e. The van der Waals surface area contributed by atoms with E-state index in [9.17, 15) is 14.4 Å². The summed E-state index contributed by atoms with van der Waals surface area (Å²) in [4.78, 5) is 33.3. The fourth-order valence-corrected chi connectivity index (χ4v) is 1.36. The minimum Gasteiger partial charge on any atom is -0.480 e. The van der Waals surface area contributed by atoms with Crippen molar-refractivity contribution in [3.63, 3.8) is 0 Å². The quantitative estimate of drug-likeness (QED) is 0.507. The minimum atomic E-state index is -1.07. The van der Waals surface area contributed by atoms with Gasteiger partial charge in [0.05, 0.1) is 0 Å². The third-order valence-corrected chi connectivity index (χ3v) is 2.59. The first-order chi connectivity index (χ1) is 8.52. The molecular weight excluding hydrogens is 238 g/mol. The van der Waals surface area contributed by atoms with Crippen molar-refractivity contribution in [2.45, 2.75) is 44.7 Å². The van der Waals surface area contributed by atoms with E-state index in [0.29, 0.717) is 12.5 Å².